The second-order valence-electron chi connectivity index (χ2n) is 5.56. The van der Waals surface area contributed by atoms with Crippen LogP contribution in [0.4, 0.5) is 5.00 Å². The lowest BCUT2D eigenvalue weighted by molar-refractivity contribution is 0.0952. The van der Waals surface area contributed by atoms with Crippen LogP contribution in [0.1, 0.15) is 31.5 Å². The van der Waals surface area contributed by atoms with Gasteiger partial charge in [0.25, 0.3) is 11.8 Å². The maximum atomic E-state index is 12.5. The summed E-state index contributed by atoms with van der Waals surface area (Å²) in [5.41, 5.74) is 1.60. The Kier molecular flexibility index (Phi) is 4.31. The third kappa shape index (κ3) is 3.26. The molecule has 0 atom stereocenters. The van der Waals surface area contributed by atoms with Crippen molar-refractivity contribution in [3.05, 3.63) is 64.1 Å². The van der Waals surface area contributed by atoms with Crippen LogP contribution in [0.3, 0.4) is 0 Å². The molecule has 0 saturated carbocycles. The lowest BCUT2D eigenvalue weighted by atomic mass is 10.2. The molecule has 4 rings (SSSR count). The molecule has 2 N–H and O–H groups in total. The highest BCUT2D eigenvalue weighted by Crippen LogP contribution is 2.27. The minimum absolute atomic E-state index is 0.192. The van der Waals surface area contributed by atoms with Crippen molar-refractivity contribution in [1.82, 2.24) is 14.7 Å². The lowest BCUT2D eigenvalue weighted by Crippen LogP contribution is -2.22. The molecule has 0 bridgehead atoms. The summed E-state index contributed by atoms with van der Waals surface area (Å²) in [6, 6.07) is 5.00. The topological polar surface area (TPSA) is 88.6 Å². The Labute approximate surface area is 156 Å². The standard InChI is InChI=1S/C17H14N4O3S2/c1-10-7-13(20-15(22)12-3-2-5-24-12)26-14(10)16(23)18-8-11-9-21-4-6-25-17(21)19-11/h2-7,9H,8H2,1H3,(H,18,23)(H,20,22). The van der Waals surface area contributed by atoms with Crippen molar-refractivity contribution in [3.8, 4) is 0 Å². The third-order valence-corrected chi connectivity index (χ3v) is 5.60. The van der Waals surface area contributed by atoms with Crippen LogP contribution in [0.25, 0.3) is 4.96 Å². The Bertz CT molecular complexity index is 1050. The highest BCUT2D eigenvalue weighted by Gasteiger charge is 2.16. The fourth-order valence-corrected chi connectivity index (χ4v) is 4.17. The number of nitrogens with zero attached hydrogens (tertiary/aromatic N) is 2. The number of nitrogens with one attached hydrogen (secondary N) is 2. The van der Waals surface area contributed by atoms with Gasteiger partial charge < -0.3 is 15.1 Å². The molecule has 4 aromatic heterocycles. The van der Waals surface area contributed by atoms with E-state index >= 15 is 0 Å². The number of rotatable bonds is 5. The molecular weight excluding hydrogens is 372 g/mol. The summed E-state index contributed by atoms with van der Waals surface area (Å²) in [7, 11) is 0. The zero-order valence-electron chi connectivity index (χ0n) is 13.7. The van der Waals surface area contributed by atoms with Crippen molar-refractivity contribution in [2.45, 2.75) is 13.5 Å². The number of anilines is 1. The molecule has 4 aromatic rings. The van der Waals surface area contributed by atoms with Gasteiger partial charge in [0.2, 0.25) is 0 Å². The van der Waals surface area contributed by atoms with Crippen LogP contribution in [0, 0.1) is 6.92 Å². The fraction of sp³-hybridized carbons (Fsp3) is 0.118. The first-order valence-corrected chi connectivity index (χ1v) is 9.44. The summed E-state index contributed by atoms with van der Waals surface area (Å²) in [5.74, 6) is -0.314. The van der Waals surface area contributed by atoms with Gasteiger partial charge in [-0.25, -0.2) is 4.98 Å². The van der Waals surface area contributed by atoms with E-state index in [0.717, 1.165) is 16.2 Å². The molecule has 9 heteroatoms. The molecule has 2 amide bonds. The molecule has 4 heterocycles. The van der Waals surface area contributed by atoms with E-state index in [1.54, 1.807) is 29.5 Å². The number of furan rings is 1. The maximum Gasteiger partial charge on any atom is 0.291 e. The van der Waals surface area contributed by atoms with Crippen molar-refractivity contribution in [3.63, 3.8) is 0 Å². The Morgan fingerprint density at radius 2 is 2.23 bits per heavy atom. The first kappa shape index (κ1) is 16.6. The SMILES string of the molecule is Cc1cc(NC(=O)c2ccco2)sc1C(=O)NCc1cn2ccsc2n1. The van der Waals surface area contributed by atoms with Crippen molar-refractivity contribution in [1.29, 1.82) is 0 Å². The van der Waals surface area contributed by atoms with Crippen molar-refractivity contribution >= 4 is 44.4 Å². The van der Waals surface area contributed by atoms with E-state index in [9.17, 15) is 9.59 Å². The number of thiazole rings is 1. The first-order chi connectivity index (χ1) is 12.6. The number of carbonyl (C=O) groups is 2. The van der Waals surface area contributed by atoms with E-state index in [-0.39, 0.29) is 17.6 Å². The van der Waals surface area contributed by atoms with Gasteiger partial charge in [-0.05, 0) is 30.7 Å². The monoisotopic (exact) mass is 386 g/mol. The van der Waals surface area contributed by atoms with E-state index in [1.807, 2.05) is 29.1 Å². The van der Waals surface area contributed by atoms with E-state index in [0.29, 0.717) is 16.4 Å². The molecule has 0 unspecified atom stereocenters. The van der Waals surface area contributed by atoms with Crippen molar-refractivity contribution in [2.24, 2.45) is 0 Å². The number of hydrogen-bond acceptors (Lipinski definition) is 6. The Morgan fingerprint density at radius 3 is 3.00 bits per heavy atom. The number of aryl methyl sites for hydroxylation is 1. The molecule has 0 saturated heterocycles. The summed E-state index contributed by atoms with van der Waals surface area (Å²) < 4.78 is 6.98. The average Bonchev–Trinajstić information content (AvgIpc) is 3.36. The summed E-state index contributed by atoms with van der Waals surface area (Å²) in [4.78, 5) is 30.4. The molecule has 132 valence electrons. The van der Waals surface area contributed by atoms with E-state index < -0.39 is 0 Å². The van der Waals surface area contributed by atoms with Crippen LogP contribution >= 0.6 is 22.7 Å². The zero-order chi connectivity index (χ0) is 18.1. The van der Waals surface area contributed by atoms with Gasteiger partial charge in [-0.3, -0.25) is 14.0 Å². The minimum atomic E-state index is -0.346. The molecule has 0 radical (unpaired) electrons. The number of imidazole rings is 1. The number of thiophene rings is 1. The molecule has 0 spiro atoms. The molecular formula is C17H14N4O3S2. The molecule has 7 nitrogen and oxygen atoms in total. The van der Waals surface area contributed by atoms with Crippen LogP contribution in [-0.2, 0) is 6.54 Å². The van der Waals surface area contributed by atoms with Gasteiger partial charge in [0.05, 0.1) is 28.4 Å². The highest BCUT2D eigenvalue weighted by atomic mass is 32.1. The smallest absolute Gasteiger partial charge is 0.291 e. The van der Waals surface area contributed by atoms with Gasteiger partial charge in [-0.1, -0.05) is 0 Å². The van der Waals surface area contributed by atoms with Gasteiger partial charge in [0, 0.05) is 17.8 Å². The Hall–Kier alpha value is -2.91. The van der Waals surface area contributed by atoms with E-state index in [4.69, 9.17) is 4.42 Å². The number of carbonyl (C=O) groups excluding carboxylic acids is 2. The second kappa shape index (κ2) is 6.77. The zero-order valence-corrected chi connectivity index (χ0v) is 15.3. The van der Waals surface area contributed by atoms with Gasteiger partial charge in [0.1, 0.15) is 0 Å². The first-order valence-electron chi connectivity index (χ1n) is 7.75. The predicted molar refractivity (Wildman–Crippen MR) is 100.0 cm³/mol. The highest BCUT2D eigenvalue weighted by molar-refractivity contribution is 7.18. The van der Waals surface area contributed by atoms with Crippen LogP contribution < -0.4 is 10.6 Å². The van der Waals surface area contributed by atoms with Crippen LogP contribution in [0.5, 0.6) is 0 Å². The molecule has 0 fully saturated rings. The van der Waals surface area contributed by atoms with Crippen LogP contribution in [-0.4, -0.2) is 21.2 Å². The molecule has 0 aliphatic heterocycles. The predicted octanol–water partition coefficient (Wildman–Crippen LogP) is 3.54. The van der Waals surface area contributed by atoms with Gasteiger partial charge >= 0.3 is 0 Å². The van der Waals surface area contributed by atoms with Crippen LogP contribution in [0.2, 0.25) is 0 Å². The average molecular weight is 386 g/mol. The van der Waals surface area contributed by atoms with Crippen LogP contribution in [0.15, 0.2) is 46.7 Å². The van der Waals surface area contributed by atoms with Gasteiger partial charge in [-0.15, -0.1) is 22.7 Å². The van der Waals surface area contributed by atoms with E-state index in [1.165, 1.54) is 17.6 Å². The summed E-state index contributed by atoms with van der Waals surface area (Å²) in [5, 5.41) is 8.16. The Balaban J connectivity index is 1.41. The normalized spacial score (nSPS) is 11.0. The fourth-order valence-electron chi connectivity index (χ4n) is 2.46. The van der Waals surface area contributed by atoms with Crippen molar-refractivity contribution < 1.29 is 14.0 Å². The molecule has 26 heavy (non-hydrogen) atoms. The van der Waals surface area contributed by atoms with Crippen molar-refractivity contribution in [2.75, 3.05) is 5.32 Å². The number of fused-ring (bicyclic) bond motifs is 1. The molecule has 0 aliphatic rings. The molecule has 0 aromatic carbocycles. The minimum Gasteiger partial charge on any atom is -0.459 e. The third-order valence-electron chi connectivity index (χ3n) is 3.68. The Morgan fingerprint density at radius 1 is 1.35 bits per heavy atom. The number of aromatic nitrogens is 2. The quantitative estimate of drug-likeness (QED) is 0.549. The molecule has 0 aliphatic carbocycles. The summed E-state index contributed by atoms with van der Waals surface area (Å²) >= 11 is 2.77. The van der Waals surface area contributed by atoms with Gasteiger partial charge in [0.15, 0.2) is 10.7 Å². The summed E-state index contributed by atoms with van der Waals surface area (Å²) in [6.07, 6.45) is 5.26. The van der Waals surface area contributed by atoms with E-state index in [2.05, 4.69) is 15.6 Å². The second-order valence-corrected chi connectivity index (χ2v) is 7.49. The number of hydrogen-bond donors (Lipinski definition) is 2. The van der Waals surface area contributed by atoms with Gasteiger partial charge in [-0.2, -0.15) is 0 Å². The number of amides is 2. The largest absolute Gasteiger partial charge is 0.459 e. The lowest BCUT2D eigenvalue weighted by Gasteiger charge is -2.02. The summed E-state index contributed by atoms with van der Waals surface area (Å²) in [6.45, 7) is 2.18. The maximum absolute atomic E-state index is 12.5.